The van der Waals surface area contributed by atoms with Crippen molar-refractivity contribution in [2.75, 3.05) is 0 Å². The van der Waals surface area contributed by atoms with Crippen LogP contribution < -0.4 is 4.57 Å². The Morgan fingerprint density at radius 3 is 2.74 bits per heavy atom. The van der Waals surface area contributed by atoms with E-state index in [0.29, 0.717) is 11.8 Å². The van der Waals surface area contributed by atoms with Gasteiger partial charge in [0.1, 0.15) is 7.05 Å². The van der Waals surface area contributed by atoms with Crippen LogP contribution in [-0.2, 0) is 7.05 Å². The van der Waals surface area contributed by atoms with Gasteiger partial charge in [0.25, 0.3) is 0 Å². The van der Waals surface area contributed by atoms with Gasteiger partial charge in [-0.2, -0.15) is 0 Å². The summed E-state index contributed by atoms with van der Waals surface area (Å²) in [7, 11) is 1.97. The lowest BCUT2D eigenvalue weighted by Gasteiger charge is -1.91. The normalized spacial score (nSPS) is 11.2. The largest absolute Gasteiger partial charge is 0.417 e. The molecule has 0 saturated heterocycles. The Labute approximate surface area is 114 Å². The molecule has 0 aliphatic heterocycles. The lowest BCUT2D eigenvalue weighted by atomic mass is 10.3. The number of aryl methyl sites for hydroxylation is 1. The number of hydrogen-bond donors (Lipinski definition) is 0. The third-order valence-electron chi connectivity index (χ3n) is 2.60. The molecule has 0 aliphatic rings. The summed E-state index contributed by atoms with van der Waals surface area (Å²) in [5.41, 5.74) is 0.918. The van der Waals surface area contributed by atoms with Gasteiger partial charge in [0.2, 0.25) is 11.8 Å². The monoisotopic (exact) mass is 270 g/mol. The average Bonchev–Trinajstić information content (AvgIpc) is 3.09. The third-order valence-corrected chi connectivity index (χ3v) is 3.44. The summed E-state index contributed by atoms with van der Waals surface area (Å²) in [6.45, 7) is 0. The molecule has 0 aromatic carbocycles. The predicted octanol–water partition coefficient (Wildman–Crippen LogP) is 2.79. The molecule has 0 saturated carbocycles. The number of nitrogens with zero attached hydrogens (tertiary/aromatic N) is 3. The van der Waals surface area contributed by atoms with E-state index >= 15 is 0 Å². The van der Waals surface area contributed by atoms with Crippen LogP contribution in [0.4, 0.5) is 0 Å². The minimum Gasteiger partial charge on any atom is -0.417 e. The van der Waals surface area contributed by atoms with Crippen molar-refractivity contribution < 1.29 is 8.98 Å². The minimum atomic E-state index is 0.511. The molecule has 0 spiro atoms. The van der Waals surface area contributed by atoms with E-state index in [1.165, 1.54) is 0 Å². The summed E-state index contributed by atoms with van der Waals surface area (Å²) in [6.07, 6.45) is 7.68. The maximum Gasteiger partial charge on any atom is 0.248 e. The second kappa shape index (κ2) is 5.16. The molecular formula is C14H12N3OS+. The van der Waals surface area contributed by atoms with Crippen LogP contribution >= 0.6 is 11.3 Å². The highest BCUT2D eigenvalue weighted by Crippen LogP contribution is 2.18. The molecule has 3 heterocycles. The molecule has 0 amide bonds. The molecule has 3 aromatic heterocycles. The zero-order valence-corrected chi connectivity index (χ0v) is 11.2. The van der Waals surface area contributed by atoms with Crippen molar-refractivity contribution in [3.63, 3.8) is 0 Å². The number of rotatable bonds is 3. The topological polar surface area (TPSA) is 42.8 Å². The van der Waals surface area contributed by atoms with Crippen molar-refractivity contribution in [3.8, 4) is 11.5 Å². The molecule has 4 nitrogen and oxygen atoms in total. The van der Waals surface area contributed by atoms with E-state index in [4.69, 9.17) is 4.42 Å². The highest BCUT2D eigenvalue weighted by atomic mass is 32.1. The molecule has 3 aromatic rings. The van der Waals surface area contributed by atoms with Gasteiger partial charge in [-0.25, -0.2) is 4.57 Å². The van der Waals surface area contributed by atoms with Crippen LogP contribution in [0.5, 0.6) is 0 Å². The van der Waals surface area contributed by atoms with Gasteiger partial charge in [0, 0.05) is 23.1 Å². The first kappa shape index (κ1) is 11.8. The molecule has 0 fully saturated rings. The van der Waals surface area contributed by atoms with Gasteiger partial charge in [-0.05, 0) is 17.5 Å². The molecule has 5 heteroatoms. The van der Waals surface area contributed by atoms with Gasteiger partial charge in [-0.3, -0.25) is 0 Å². The zero-order valence-electron chi connectivity index (χ0n) is 10.4. The van der Waals surface area contributed by atoms with Crippen LogP contribution in [0.3, 0.4) is 0 Å². The van der Waals surface area contributed by atoms with Crippen LogP contribution in [0.1, 0.15) is 10.8 Å². The first-order chi connectivity index (χ1) is 9.31. The molecule has 0 atom stereocenters. The van der Waals surface area contributed by atoms with Crippen molar-refractivity contribution >= 4 is 23.5 Å². The fourth-order valence-corrected chi connectivity index (χ4v) is 2.22. The summed E-state index contributed by atoms with van der Waals surface area (Å²) < 4.78 is 7.55. The Balaban J connectivity index is 1.81. The molecule has 0 unspecified atom stereocenters. The molecule has 0 radical (unpaired) electrons. The standard InChI is InChI=1S/C14H12N3OS/c1-17-8-6-11(7-9-17)14-16-15-13(18-14)5-4-12-3-2-10-19-12/h2-10H,1H3/q+1/b5-4+. The van der Waals surface area contributed by atoms with E-state index in [1.54, 1.807) is 11.3 Å². The van der Waals surface area contributed by atoms with Crippen LogP contribution in [0.15, 0.2) is 46.5 Å². The fraction of sp³-hybridized carbons (Fsp3) is 0.0714. The Bertz CT molecular complexity index is 684. The zero-order chi connectivity index (χ0) is 13.1. The molecule has 3 rings (SSSR count). The highest BCUT2D eigenvalue weighted by molar-refractivity contribution is 7.10. The molecule has 0 N–H and O–H groups in total. The van der Waals surface area contributed by atoms with Crippen LogP contribution in [-0.4, -0.2) is 10.2 Å². The SMILES string of the molecule is C[n+]1ccc(-c2nnc(/C=C/c3cccs3)o2)cc1. The van der Waals surface area contributed by atoms with E-state index in [1.807, 2.05) is 65.8 Å². The van der Waals surface area contributed by atoms with Crippen LogP contribution in [0, 0.1) is 0 Å². The van der Waals surface area contributed by atoms with Gasteiger partial charge in [0.15, 0.2) is 12.4 Å². The van der Waals surface area contributed by atoms with E-state index < -0.39 is 0 Å². The maximum absolute atomic E-state index is 5.59. The summed E-state index contributed by atoms with van der Waals surface area (Å²) in [5, 5.41) is 10.1. The Morgan fingerprint density at radius 2 is 2.00 bits per heavy atom. The lowest BCUT2D eigenvalue weighted by molar-refractivity contribution is -0.671. The van der Waals surface area contributed by atoms with E-state index in [2.05, 4.69) is 10.2 Å². The highest BCUT2D eigenvalue weighted by Gasteiger charge is 2.07. The van der Waals surface area contributed by atoms with E-state index in [0.717, 1.165) is 10.4 Å². The van der Waals surface area contributed by atoms with Crippen molar-refractivity contribution in [1.29, 1.82) is 0 Å². The second-order valence-electron chi connectivity index (χ2n) is 4.05. The fourth-order valence-electron chi connectivity index (χ4n) is 1.60. The Hall–Kier alpha value is -2.27. The summed E-state index contributed by atoms with van der Waals surface area (Å²) in [4.78, 5) is 1.16. The molecule has 0 aliphatic carbocycles. The lowest BCUT2D eigenvalue weighted by Crippen LogP contribution is -2.25. The van der Waals surface area contributed by atoms with Gasteiger partial charge in [0.05, 0.1) is 5.56 Å². The van der Waals surface area contributed by atoms with Crippen molar-refractivity contribution in [2.24, 2.45) is 7.05 Å². The second-order valence-corrected chi connectivity index (χ2v) is 5.03. The van der Waals surface area contributed by atoms with Gasteiger partial charge < -0.3 is 4.42 Å². The van der Waals surface area contributed by atoms with Crippen LogP contribution in [0.2, 0.25) is 0 Å². The van der Waals surface area contributed by atoms with Gasteiger partial charge >= 0.3 is 0 Å². The Morgan fingerprint density at radius 1 is 1.16 bits per heavy atom. The number of hydrogen-bond acceptors (Lipinski definition) is 4. The van der Waals surface area contributed by atoms with E-state index in [-0.39, 0.29) is 0 Å². The minimum absolute atomic E-state index is 0.511. The number of thiophene rings is 1. The number of aromatic nitrogens is 3. The molecule has 19 heavy (non-hydrogen) atoms. The smallest absolute Gasteiger partial charge is 0.248 e. The summed E-state index contributed by atoms with van der Waals surface area (Å²) in [5.74, 6) is 1.04. The van der Waals surface area contributed by atoms with Crippen molar-refractivity contribution in [1.82, 2.24) is 10.2 Å². The average molecular weight is 270 g/mol. The number of pyridine rings is 1. The first-order valence-corrected chi connectivity index (χ1v) is 6.70. The molecular weight excluding hydrogens is 258 g/mol. The summed E-state index contributed by atoms with van der Waals surface area (Å²) >= 11 is 1.67. The summed E-state index contributed by atoms with van der Waals surface area (Å²) in [6, 6.07) is 7.93. The van der Waals surface area contributed by atoms with Crippen molar-refractivity contribution in [2.45, 2.75) is 0 Å². The molecule has 94 valence electrons. The van der Waals surface area contributed by atoms with Crippen molar-refractivity contribution in [3.05, 3.63) is 52.8 Å². The molecule has 0 bridgehead atoms. The Kier molecular flexibility index (Phi) is 3.20. The third kappa shape index (κ3) is 2.77. The van der Waals surface area contributed by atoms with Gasteiger partial charge in [-0.1, -0.05) is 6.07 Å². The predicted molar refractivity (Wildman–Crippen MR) is 74.2 cm³/mol. The van der Waals surface area contributed by atoms with Gasteiger partial charge in [-0.15, -0.1) is 21.5 Å². The quantitative estimate of drug-likeness (QED) is 0.687. The maximum atomic E-state index is 5.59. The first-order valence-electron chi connectivity index (χ1n) is 5.82. The van der Waals surface area contributed by atoms with E-state index in [9.17, 15) is 0 Å². The van der Waals surface area contributed by atoms with Crippen LogP contribution in [0.25, 0.3) is 23.6 Å².